The van der Waals surface area contributed by atoms with Gasteiger partial charge in [0, 0.05) is 25.4 Å². The number of aryl methyl sites for hydroxylation is 1. The lowest BCUT2D eigenvalue weighted by molar-refractivity contribution is -0.134. The fourth-order valence-corrected chi connectivity index (χ4v) is 4.02. The summed E-state index contributed by atoms with van der Waals surface area (Å²) in [5.41, 5.74) is 0.909. The second kappa shape index (κ2) is 10.2. The smallest absolute Gasteiger partial charge is 0.222 e. The summed E-state index contributed by atoms with van der Waals surface area (Å²) in [5, 5.41) is 12.1. The van der Waals surface area contributed by atoms with Crippen molar-refractivity contribution < 1.29 is 9.53 Å². The molecule has 0 N–H and O–H groups in total. The molecule has 1 aromatic carbocycles. The lowest BCUT2D eigenvalue weighted by Crippen LogP contribution is -2.41. The summed E-state index contributed by atoms with van der Waals surface area (Å²) in [7, 11) is 1.65. The Bertz CT molecular complexity index is 738. The zero-order valence-corrected chi connectivity index (χ0v) is 17.0. The first-order chi connectivity index (χ1) is 13.7. The average molecular weight is 386 g/mol. The average Bonchev–Trinajstić information content (AvgIpc) is 3.21. The molecule has 1 aliphatic carbocycles. The maximum Gasteiger partial charge on any atom is 0.222 e. The quantitative estimate of drug-likeness (QED) is 0.617. The molecule has 0 aliphatic heterocycles. The first kappa shape index (κ1) is 20.3. The molecular formula is C21H31N5O2. The van der Waals surface area contributed by atoms with E-state index in [0.29, 0.717) is 18.4 Å². The van der Waals surface area contributed by atoms with Crippen LogP contribution in [0.5, 0.6) is 5.75 Å². The van der Waals surface area contributed by atoms with Crippen LogP contribution in [-0.4, -0.2) is 50.7 Å². The van der Waals surface area contributed by atoms with Crippen molar-refractivity contribution in [3.63, 3.8) is 0 Å². The number of carbonyl (C=O) groups is 1. The summed E-state index contributed by atoms with van der Waals surface area (Å²) in [6.07, 6.45) is 9.25. The third kappa shape index (κ3) is 5.09. The maximum atomic E-state index is 12.7. The van der Waals surface area contributed by atoms with E-state index in [-0.39, 0.29) is 0 Å². The fourth-order valence-electron chi connectivity index (χ4n) is 4.02. The van der Waals surface area contributed by atoms with Gasteiger partial charge in [-0.3, -0.25) is 4.79 Å². The summed E-state index contributed by atoms with van der Waals surface area (Å²) in [6.45, 7) is 2.91. The number of tetrazole rings is 1. The predicted molar refractivity (Wildman–Crippen MR) is 108 cm³/mol. The summed E-state index contributed by atoms with van der Waals surface area (Å²) < 4.78 is 6.95. The van der Waals surface area contributed by atoms with Gasteiger partial charge in [-0.2, -0.15) is 4.68 Å². The molecule has 1 amide bonds. The highest BCUT2D eigenvalue weighted by atomic mass is 16.5. The molecule has 1 heterocycles. The van der Waals surface area contributed by atoms with Crippen molar-refractivity contribution in [2.45, 2.75) is 70.8 Å². The summed E-state index contributed by atoms with van der Waals surface area (Å²) in [4.78, 5) is 14.8. The molecule has 7 nitrogen and oxygen atoms in total. The lowest BCUT2D eigenvalue weighted by atomic mass is 9.94. The number of nitrogens with zero attached hydrogens (tertiary/aromatic N) is 5. The standard InChI is InChI=1S/C21H31N5O2/c1-3-25(17-9-5-4-6-10-17)21(27)12-8-7-11-20-22-23-24-26(20)18-13-15-19(28-2)16-14-18/h13-17H,3-12H2,1-2H3. The van der Waals surface area contributed by atoms with Crippen LogP contribution in [0.1, 0.15) is 64.1 Å². The molecule has 2 aromatic rings. The Kier molecular flexibility index (Phi) is 7.39. The number of carbonyl (C=O) groups excluding carboxylic acids is 1. The van der Waals surface area contributed by atoms with Gasteiger partial charge in [-0.15, -0.1) is 5.10 Å². The first-order valence-corrected chi connectivity index (χ1v) is 10.4. The number of amides is 1. The Morgan fingerprint density at radius 2 is 1.93 bits per heavy atom. The molecule has 0 atom stereocenters. The van der Waals surface area contributed by atoms with Crippen molar-refractivity contribution in [3.05, 3.63) is 30.1 Å². The zero-order valence-electron chi connectivity index (χ0n) is 17.0. The van der Waals surface area contributed by atoms with Crippen LogP contribution in [-0.2, 0) is 11.2 Å². The van der Waals surface area contributed by atoms with Crippen LogP contribution in [0.4, 0.5) is 0 Å². The van der Waals surface area contributed by atoms with Crippen molar-refractivity contribution in [3.8, 4) is 11.4 Å². The molecular weight excluding hydrogens is 354 g/mol. The minimum absolute atomic E-state index is 0.296. The first-order valence-electron chi connectivity index (χ1n) is 10.4. The van der Waals surface area contributed by atoms with E-state index in [2.05, 4.69) is 27.3 Å². The molecule has 1 saturated carbocycles. The SMILES string of the molecule is CCN(C(=O)CCCCc1nnnn1-c1ccc(OC)cc1)C1CCCCC1. The number of hydrogen-bond donors (Lipinski definition) is 0. The minimum Gasteiger partial charge on any atom is -0.497 e. The van der Waals surface area contributed by atoms with Crippen molar-refractivity contribution in [2.75, 3.05) is 13.7 Å². The normalized spacial score (nSPS) is 14.8. The molecule has 0 unspecified atom stereocenters. The Hall–Kier alpha value is -2.44. The van der Waals surface area contributed by atoms with Gasteiger partial charge in [0.25, 0.3) is 0 Å². The molecule has 1 aliphatic rings. The number of rotatable bonds is 9. The van der Waals surface area contributed by atoms with Gasteiger partial charge in [0.1, 0.15) is 5.75 Å². The van der Waals surface area contributed by atoms with Crippen LogP contribution in [0.2, 0.25) is 0 Å². The van der Waals surface area contributed by atoms with Gasteiger partial charge in [-0.25, -0.2) is 0 Å². The molecule has 0 saturated heterocycles. The molecule has 3 rings (SSSR count). The Morgan fingerprint density at radius 3 is 2.61 bits per heavy atom. The number of aromatic nitrogens is 4. The Morgan fingerprint density at radius 1 is 1.18 bits per heavy atom. The van der Waals surface area contributed by atoms with Crippen LogP contribution in [0.15, 0.2) is 24.3 Å². The number of methoxy groups -OCH3 is 1. The van der Waals surface area contributed by atoms with Gasteiger partial charge in [0.2, 0.25) is 5.91 Å². The molecule has 1 aromatic heterocycles. The maximum absolute atomic E-state index is 12.7. The van der Waals surface area contributed by atoms with Gasteiger partial charge >= 0.3 is 0 Å². The minimum atomic E-state index is 0.296. The summed E-state index contributed by atoms with van der Waals surface area (Å²) >= 11 is 0. The largest absolute Gasteiger partial charge is 0.497 e. The molecule has 7 heteroatoms. The number of ether oxygens (including phenoxy) is 1. The van der Waals surface area contributed by atoms with E-state index in [9.17, 15) is 4.79 Å². The third-order valence-electron chi connectivity index (χ3n) is 5.57. The van der Waals surface area contributed by atoms with Crippen LogP contribution >= 0.6 is 0 Å². The van der Waals surface area contributed by atoms with Gasteiger partial charge in [-0.1, -0.05) is 19.3 Å². The third-order valence-corrected chi connectivity index (χ3v) is 5.57. The van der Waals surface area contributed by atoms with E-state index >= 15 is 0 Å². The number of benzene rings is 1. The van der Waals surface area contributed by atoms with Gasteiger partial charge in [0.05, 0.1) is 12.8 Å². The topological polar surface area (TPSA) is 73.1 Å². The van der Waals surface area contributed by atoms with E-state index in [1.807, 2.05) is 24.3 Å². The van der Waals surface area contributed by atoms with E-state index in [4.69, 9.17) is 4.74 Å². The zero-order chi connectivity index (χ0) is 19.8. The van der Waals surface area contributed by atoms with Crippen molar-refractivity contribution in [1.29, 1.82) is 0 Å². The van der Waals surface area contributed by atoms with Crippen LogP contribution in [0.3, 0.4) is 0 Å². The number of hydrogen-bond acceptors (Lipinski definition) is 5. The van der Waals surface area contributed by atoms with Crippen LogP contribution < -0.4 is 4.74 Å². The molecule has 0 spiro atoms. The molecule has 0 bridgehead atoms. The van der Waals surface area contributed by atoms with E-state index in [0.717, 1.165) is 55.9 Å². The van der Waals surface area contributed by atoms with E-state index in [1.165, 1.54) is 19.3 Å². The van der Waals surface area contributed by atoms with Gasteiger partial charge < -0.3 is 9.64 Å². The van der Waals surface area contributed by atoms with Crippen molar-refractivity contribution >= 4 is 5.91 Å². The molecule has 152 valence electrons. The Balaban J connectivity index is 1.48. The highest BCUT2D eigenvalue weighted by Crippen LogP contribution is 2.23. The van der Waals surface area contributed by atoms with Gasteiger partial charge in [-0.05, 0) is 67.3 Å². The van der Waals surface area contributed by atoms with Crippen molar-refractivity contribution in [1.82, 2.24) is 25.1 Å². The summed E-state index contributed by atoms with van der Waals surface area (Å²) in [5.74, 6) is 1.91. The monoisotopic (exact) mass is 385 g/mol. The van der Waals surface area contributed by atoms with Crippen LogP contribution in [0.25, 0.3) is 5.69 Å². The molecule has 0 radical (unpaired) electrons. The van der Waals surface area contributed by atoms with E-state index in [1.54, 1.807) is 11.8 Å². The second-order valence-corrected chi connectivity index (χ2v) is 7.38. The molecule has 28 heavy (non-hydrogen) atoms. The molecule has 1 fully saturated rings. The predicted octanol–water partition coefficient (Wildman–Crippen LogP) is 3.56. The lowest BCUT2D eigenvalue weighted by Gasteiger charge is -2.33. The van der Waals surface area contributed by atoms with Gasteiger partial charge in [0.15, 0.2) is 5.82 Å². The van der Waals surface area contributed by atoms with E-state index < -0.39 is 0 Å². The van der Waals surface area contributed by atoms with Crippen molar-refractivity contribution in [2.24, 2.45) is 0 Å². The highest BCUT2D eigenvalue weighted by molar-refractivity contribution is 5.76. The second-order valence-electron chi connectivity index (χ2n) is 7.38. The van der Waals surface area contributed by atoms with Crippen LogP contribution in [0, 0.1) is 0 Å². The number of unbranched alkanes of at least 4 members (excludes halogenated alkanes) is 1. The highest BCUT2D eigenvalue weighted by Gasteiger charge is 2.23. The summed E-state index contributed by atoms with van der Waals surface area (Å²) in [6, 6.07) is 8.11. The fraction of sp³-hybridized carbons (Fsp3) is 0.619. The Labute approximate surface area is 167 Å².